The minimum absolute atomic E-state index is 0.0415. The minimum Gasteiger partial charge on any atom is -0.444 e. The Morgan fingerprint density at radius 2 is 2.12 bits per heavy atom. The van der Waals surface area contributed by atoms with E-state index in [0.717, 1.165) is 12.8 Å². The van der Waals surface area contributed by atoms with Gasteiger partial charge in [-0.05, 0) is 46.0 Å². The first-order valence-corrected chi connectivity index (χ1v) is 6.54. The van der Waals surface area contributed by atoms with Crippen molar-refractivity contribution in [2.24, 2.45) is 5.92 Å². The van der Waals surface area contributed by atoms with Gasteiger partial charge in [-0.3, -0.25) is 4.90 Å². The summed E-state index contributed by atoms with van der Waals surface area (Å²) >= 11 is 0. The highest BCUT2D eigenvalue weighted by atomic mass is 16.6. The molecule has 4 nitrogen and oxygen atoms in total. The number of amides is 1. The topological polar surface area (TPSA) is 49.8 Å². The van der Waals surface area contributed by atoms with E-state index >= 15 is 0 Å². The third kappa shape index (κ3) is 2.57. The molecule has 0 aromatic rings. The molecule has 0 unspecified atom stereocenters. The molecule has 2 fully saturated rings. The highest BCUT2D eigenvalue weighted by Crippen LogP contribution is 2.41. The number of ether oxygens (including phenoxy) is 1. The standard InChI is InChI=1S/C13H23NO3/c1-13(2,3)17-12(16)14-10(8-15)7-9-5-4-6-11(9)14/h9-11,15H,4-8H2,1-3H3/t9-,10+,11-/m1/s1. The van der Waals surface area contributed by atoms with Gasteiger partial charge in [0.25, 0.3) is 0 Å². The molecule has 1 saturated carbocycles. The lowest BCUT2D eigenvalue weighted by Gasteiger charge is -2.31. The van der Waals surface area contributed by atoms with Gasteiger partial charge >= 0.3 is 6.09 Å². The molecule has 2 rings (SSSR count). The van der Waals surface area contributed by atoms with Crippen LogP contribution >= 0.6 is 0 Å². The van der Waals surface area contributed by atoms with Crippen molar-refractivity contribution in [2.45, 2.75) is 64.1 Å². The third-order valence-corrected chi connectivity index (χ3v) is 3.76. The summed E-state index contributed by atoms with van der Waals surface area (Å²) in [5.41, 5.74) is -0.465. The Balaban J connectivity index is 2.08. The predicted octanol–water partition coefficient (Wildman–Crippen LogP) is 2.16. The number of nitrogens with zero attached hydrogens (tertiary/aromatic N) is 1. The molecule has 1 N–H and O–H groups in total. The van der Waals surface area contributed by atoms with Crippen LogP contribution in [0.5, 0.6) is 0 Å². The van der Waals surface area contributed by atoms with E-state index in [1.165, 1.54) is 12.8 Å². The molecule has 2 aliphatic rings. The van der Waals surface area contributed by atoms with E-state index in [4.69, 9.17) is 4.74 Å². The molecular formula is C13H23NO3. The summed E-state index contributed by atoms with van der Waals surface area (Å²) in [5, 5.41) is 9.39. The van der Waals surface area contributed by atoms with Crippen molar-refractivity contribution in [1.82, 2.24) is 4.90 Å². The third-order valence-electron chi connectivity index (χ3n) is 3.76. The first-order chi connectivity index (χ1) is 7.92. The number of aliphatic hydroxyl groups is 1. The summed E-state index contributed by atoms with van der Waals surface area (Å²) < 4.78 is 5.44. The van der Waals surface area contributed by atoms with Gasteiger partial charge in [0.15, 0.2) is 0 Å². The van der Waals surface area contributed by atoms with Gasteiger partial charge in [-0.15, -0.1) is 0 Å². The number of hydrogen-bond acceptors (Lipinski definition) is 3. The Bertz CT molecular complexity index is 298. The van der Waals surface area contributed by atoms with Crippen LogP contribution in [0.2, 0.25) is 0 Å². The second-order valence-corrected chi connectivity index (χ2v) is 6.22. The Hall–Kier alpha value is -0.770. The summed E-state index contributed by atoms with van der Waals surface area (Å²) in [6.07, 6.45) is 4.10. The van der Waals surface area contributed by atoms with Crippen molar-refractivity contribution < 1.29 is 14.6 Å². The predicted molar refractivity (Wildman–Crippen MR) is 64.7 cm³/mol. The summed E-state index contributed by atoms with van der Waals surface area (Å²) in [6, 6.07) is 0.252. The lowest BCUT2D eigenvalue weighted by molar-refractivity contribution is 0.00839. The van der Waals surface area contributed by atoms with Crippen LogP contribution in [0.15, 0.2) is 0 Å². The van der Waals surface area contributed by atoms with E-state index in [-0.39, 0.29) is 18.7 Å². The number of likely N-dealkylation sites (tertiary alicyclic amines) is 1. The maximum absolute atomic E-state index is 12.2. The molecule has 1 heterocycles. The van der Waals surface area contributed by atoms with Gasteiger partial charge in [0.1, 0.15) is 5.60 Å². The highest BCUT2D eigenvalue weighted by Gasteiger charge is 2.46. The maximum atomic E-state index is 12.2. The van der Waals surface area contributed by atoms with Gasteiger partial charge in [0, 0.05) is 6.04 Å². The number of aliphatic hydroxyl groups excluding tert-OH is 1. The summed E-state index contributed by atoms with van der Waals surface area (Å²) in [4.78, 5) is 14.0. The van der Waals surface area contributed by atoms with E-state index in [0.29, 0.717) is 12.0 Å². The van der Waals surface area contributed by atoms with Gasteiger partial charge in [0.05, 0.1) is 12.6 Å². The Kier molecular flexibility index (Phi) is 3.34. The van der Waals surface area contributed by atoms with Crippen LogP contribution in [0.25, 0.3) is 0 Å². The Labute approximate surface area is 103 Å². The van der Waals surface area contributed by atoms with Crippen LogP contribution in [0, 0.1) is 5.92 Å². The number of fused-ring (bicyclic) bond motifs is 1. The van der Waals surface area contributed by atoms with E-state index in [9.17, 15) is 9.90 Å². The number of hydrogen-bond donors (Lipinski definition) is 1. The van der Waals surface area contributed by atoms with Crippen LogP contribution in [-0.4, -0.2) is 40.4 Å². The molecule has 3 atom stereocenters. The molecule has 1 aliphatic heterocycles. The fourth-order valence-corrected chi connectivity index (χ4v) is 3.15. The molecule has 1 aliphatic carbocycles. The largest absolute Gasteiger partial charge is 0.444 e. The van der Waals surface area contributed by atoms with Gasteiger partial charge in [-0.2, -0.15) is 0 Å². The van der Waals surface area contributed by atoms with E-state index < -0.39 is 5.60 Å². The highest BCUT2D eigenvalue weighted by molar-refractivity contribution is 5.69. The quantitative estimate of drug-likeness (QED) is 0.765. The molecule has 0 aromatic carbocycles. The average molecular weight is 241 g/mol. The normalized spacial score (nSPS) is 32.7. The zero-order chi connectivity index (χ0) is 12.6. The van der Waals surface area contributed by atoms with Gasteiger partial charge in [-0.1, -0.05) is 6.42 Å². The molecular weight excluding hydrogens is 218 g/mol. The number of carbonyl (C=O) groups excluding carboxylic acids is 1. The van der Waals surface area contributed by atoms with E-state index in [2.05, 4.69) is 0 Å². The van der Waals surface area contributed by atoms with Gasteiger partial charge in [0.2, 0.25) is 0 Å². The second-order valence-electron chi connectivity index (χ2n) is 6.22. The fraction of sp³-hybridized carbons (Fsp3) is 0.923. The first-order valence-electron chi connectivity index (χ1n) is 6.54. The lowest BCUT2D eigenvalue weighted by Crippen LogP contribution is -2.45. The minimum atomic E-state index is -0.465. The Morgan fingerprint density at radius 3 is 2.71 bits per heavy atom. The van der Waals surface area contributed by atoms with Crippen LogP contribution in [0.4, 0.5) is 4.79 Å². The van der Waals surface area contributed by atoms with Crippen LogP contribution in [-0.2, 0) is 4.74 Å². The van der Waals surface area contributed by atoms with Crippen LogP contribution in [0.3, 0.4) is 0 Å². The monoisotopic (exact) mass is 241 g/mol. The molecule has 4 heteroatoms. The SMILES string of the molecule is CC(C)(C)OC(=O)N1[C@H](CO)C[C@H]2CCC[C@H]21. The summed E-state index contributed by atoms with van der Waals surface area (Å²) in [6.45, 7) is 5.68. The van der Waals surface area contributed by atoms with Crippen molar-refractivity contribution >= 4 is 6.09 Å². The summed E-state index contributed by atoms with van der Waals surface area (Å²) in [7, 11) is 0. The van der Waals surface area contributed by atoms with E-state index in [1.807, 2.05) is 20.8 Å². The molecule has 0 aromatic heterocycles. The molecule has 1 saturated heterocycles. The second kappa shape index (κ2) is 4.48. The summed E-state index contributed by atoms with van der Waals surface area (Å²) in [5.74, 6) is 0.569. The van der Waals surface area contributed by atoms with Crippen molar-refractivity contribution in [1.29, 1.82) is 0 Å². The molecule has 17 heavy (non-hydrogen) atoms. The molecule has 0 bridgehead atoms. The molecule has 0 radical (unpaired) electrons. The van der Waals surface area contributed by atoms with Crippen molar-refractivity contribution in [2.75, 3.05) is 6.61 Å². The first kappa shape index (κ1) is 12.7. The molecule has 98 valence electrons. The maximum Gasteiger partial charge on any atom is 0.410 e. The zero-order valence-corrected chi connectivity index (χ0v) is 11.0. The van der Waals surface area contributed by atoms with Crippen LogP contribution < -0.4 is 0 Å². The average Bonchev–Trinajstić information content (AvgIpc) is 2.71. The van der Waals surface area contributed by atoms with Crippen molar-refractivity contribution in [3.05, 3.63) is 0 Å². The van der Waals surface area contributed by atoms with Gasteiger partial charge < -0.3 is 9.84 Å². The van der Waals surface area contributed by atoms with Crippen molar-refractivity contribution in [3.8, 4) is 0 Å². The number of carbonyl (C=O) groups is 1. The molecule has 1 amide bonds. The lowest BCUT2D eigenvalue weighted by atomic mass is 10.0. The fourth-order valence-electron chi connectivity index (χ4n) is 3.15. The molecule has 0 spiro atoms. The van der Waals surface area contributed by atoms with Crippen LogP contribution in [0.1, 0.15) is 46.5 Å². The number of rotatable bonds is 1. The van der Waals surface area contributed by atoms with Crippen molar-refractivity contribution in [3.63, 3.8) is 0 Å². The zero-order valence-electron chi connectivity index (χ0n) is 11.0. The van der Waals surface area contributed by atoms with Gasteiger partial charge in [-0.25, -0.2) is 4.79 Å². The smallest absolute Gasteiger partial charge is 0.410 e. The van der Waals surface area contributed by atoms with E-state index in [1.54, 1.807) is 4.90 Å². The Morgan fingerprint density at radius 1 is 1.41 bits per heavy atom.